The number of hydroxylamine groups is 2. The second kappa shape index (κ2) is 6.59. The summed E-state index contributed by atoms with van der Waals surface area (Å²) in [6, 6.07) is 8.07. The smallest absolute Gasteiger partial charge is 0.140 e. The minimum atomic E-state index is 0.315. The molecule has 0 aliphatic carbocycles. The molecule has 3 rings (SSSR count). The predicted octanol–water partition coefficient (Wildman–Crippen LogP) is 3.51. The maximum absolute atomic E-state index is 9.20. The molecule has 1 aromatic heterocycles. The van der Waals surface area contributed by atoms with E-state index in [1.165, 1.54) is 17.9 Å². The third-order valence-electron chi connectivity index (χ3n) is 3.63. The number of nitrogens with one attached hydrogen (secondary N) is 1. The minimum Gasteiger partial charge on any atom is -0.506 e. The molecule has 0 spiro atoms. The highest BCUT2D eigenvalue weighted by atomic mass is 16.5. The molecule has 1 saturated heterocycles. The van der Waals surface area contributed by atoms with E-state index < -0.39 is 0 Å². The molecular formula is C15H22N2O2. The molecule has 0 bridgehead atoms. The lowest BCUT2D eigenvalue weighted by atomic mass is 10.0. The zero-order chi connectivity index (χ0) is 13.7. The van der Waals surface area contributed by atoms with E-state index in [1.807, 2.05) is 24.3 Å². The van der Waals surface area contributed by atoms with Crippen LogP contribution in [0.3, 0.4) is 0 Å². The summed E-state index contributed by atoms with van der Waals surface area (Å²) in [6.45, 7) is 3.00. The van der Waals surface area contributed by atoms with Crippen LogP contribution in [0.1, 0.15) is 32.6 Å². The van der Waals surface area contributed by atoms with Crippen LogP contribution in [0.5, 0.6) is 5.75 Å². The van der Waals surface area contributed by atoms with Crippen LogP contribution in [0.2, 0.25) is 0 Å². The lowest BCUT2D eigenvalue weighted by Crippen LogP contribution is -2.35. The Morgan fingerprint density at radius 2 is 2.11 bits per heavy atom. The number of para-hydroxylation sites is 1. The number of rotatable bonds is 1. The monoisotopic (exact) mass is 262 g/mol. The fourth-order valence-corrected chi connectivity index (χ4v) is 2.46. The molecule has 1 aliphatic rings. The molecule has 4 heteroatoms. The lowest BCUT2D eigenvalue weighted by Gasteiger charge is -2.29. The quantitative estimate of drug-likeness (QED) is 0.737. The first-order chi connectivity index (χ1) is 9.22. The van der Waals surface area contributed by atoms with Gasteiger partial charge < -0.3 is 15.3 Å². The van der Waals surface area contributed by atoms with Crippen molar-refractivity contribution in [3.8, 4) is 5.75 Å². The summed E-state index contributed by atoms with van der Waals surface area (Å²) < 4.78 is 0. The molecule has 1 aliphatic heterocycles. The lowest BCUT2D eigenvalue weighted by molar-refractivity contribution is -0.142. The number of hydrogen-bond acceptors (Lipinski definition) is 3. The SMILES string of the molecule is CCC1CCCCN1O.Oc1c[nH]c2ccccc12. The van der Waals surface area contributed by atoms with Crippen molar-refractivity contribution in [3.05, 3.63) is 30.5 Å². The van der Waals surface area contributed by atoms with Gasteiger partial charge in [0.15, 0.2) is 0 Å². The summed E-state index contributed by atoms with van der Waals surface area (Å²) in [4.78, 5) is 2.94. The molecule has 0 radical (unpaired) electrons. The van der Waals surface area contributed by atoms with Crippen LogP contribution in [0.4, 0.5) is 0 Å². The fraction of sp³-hybridized carbons (Fsp3) is 0.467. The molecule has 104 valence electrons. The molecule has 0 saturated carbocycles. The summed E-state index contributed by atoms with van der Waals surface area (Å²) in [6.07, 6.45) is 6.29. The van der Waals surface area contributed by atoms with Gasteiger partial charge in [0, 0.05) is 29.7 Å². The minimum absolute atomic E-state index is 0.315. The molecule has 1 atom stereocenters. The van der Waals surface area contributed by atoms with Gasteiger partial charge in [0.05, 0.1) is 0 Å². The van der Waals surface area contributed by atoms with Crippen LogP contribution < -0.4 is 0 Å². The number of aromatic amines is 1. The van der Waals surface area contributed by atoms with Crippen LogP contribution in [0.15, 0.2) is 30.5 Å². The molecule has 1 unspecified atom stereocenters. The summed E-state index contributed by atoms with van der Waals surface area (Å²) in [7, 11) is 0. The van der Waals surface area contributed by atoms with Gasteiger partial charge in [0.25, 0.3) is 0 Å². The number of nitrogens with zero attached hydrogens (tertiary/aromatic N) is 1. The van der Waals surface area contributed by atoms with Gasteiger partial charge in [-0.3, -0.25) is 0 Å². The Morgan fingerprint density at radius 1 is 1.32 bits per heavy atom. The third-order valence-corrected chi connectivity index (χ3v) is 3.63. The Balaban J connectivity index is 0.000000141. The summed E-state index contributed by atoms with van der Waals surface area (Å²) in [5.74, 6) is 0.315. The topological polar surface area (TPSA) is 59.5 Å². The number of piperidine rings is 1. The van der Waals surface area contributed by atoms with E-state index in [-0.39, 0.29) is 0 Å². The van der Waals surface area contributed by atoms with Crippen molar-refractivity contribution >= 4 is 10.9 Å². The molecule has 3 N–H and O–H groups in total. The van der Waals surface area contributed by atoms with Gasteiger partial charge in [-0.05, 0) is 31.4 Å². The Labute approximate surface area is 113 Å². The largest absolute Gasteiger partial charge is 0.506 e. The first-order valence-electron chi connectivity index (χ1n) is 6.93. The van der Waals surface area contributed by atoms with Crippen molar-refractivity contribution in [2.45, 2.75) is 38.6 Å². The standard InChI is InChI=1S/C8H7NO.C7H15NO/c10-8-5-9-7-4-2-1-3-6(7)8;1-2-7-5-3-4-6-8(7)9/h1-5,9-10H;7,9H,2-6H2,1H3. The predicted molar refractivity (Wildman–Crippen MR) is 76.4 cm³/mol. The molecule has 1 aromatic carbocycles. The van der Waals surface area contributed by atoms with Crippen molar-refractivity contribution in [1.29, 1.82) is 0 Å². The number of H-pyrrole nitrogens is 1. The highest BCUT2D eigenvalue weighted by Crippen LogP contribution is 2.22. The fourth-order valence-electron chi connectivity index (χ4n) is 2.46. The van der Waals surface area contributed by atoms with Gasteiger partial charge in [-0.25, -0.2) is 0 Å². The van der Waals surface area contributed by atoms with E-state index in [0.717, 1.165) is 30.3 Å². The van der Waals surface area contributed by atoms with Gasteiger partial charge in [0.2, 0.25) is 0 Å². The van der Waals surface area contributed by atoms with Crippen molar-refractivity contribution in [3.63, 3.8) is 0 Å². The second-order valence-corrected chi connectivity index (χ2v) is 4.94. The first kappa shape index (κ1) is 13.9. The van der Waals surface area contributed by atoms with E-state index in [4.69, 9.17) is 0 Å². The van der Waals surface area contributed by atoms with Gasteiger partial charge in [-0.1, -0.05) is 25.5 Å². The summed E-state index contributed by atoms with van der Waals surface area (Å²) in [5.41, 5.74) is 0.972. The van der Waals surface area contributed by atoms with E-state index in [0.29, 0.717) is 11.8 Å². The zero-order valence-corrected chi connectivity index (χ0v) is 11.3. The first-order valence-corrected chi connectivity index (χ1v) is 6.93. The molecule has 2 heterocycles. The Kier molecular flexibility index (Phi) is 4.82. The molecule has 0 amide bonds. The Bertz CT molecular complexity index is 510. The average molecular weight is 262 g/mol. The molecule has 19 heavy (non-hydrogen) atoms. The van der Waals surface area contributed by atoms with Gasteiger partial charge in [-0.2, -0.15) is 5.06 Å². The van der Waals surface area contributed by atoms with Crippen LogP contribution in [-0.2, 0) is 0 Å². The van der Waals surface area contributed by atoms with Crippen molar-refractivity contribution in [1.82, 2.24) is 10.0 Å². The van der Waals surface area contributed by atoms with Gasteiger partial charge in [-0.15, -0.1) is 0 Å². The van der Waals surface area contributed by atoms with Crippen molar-refractivity contribution in [2.24, 2.45) is 0 Å². The maximum Gasteiger partial charge on any atom is 0.140 e. The van der Waals surface area contributed by atoms with E-state index in [9.17, 15) is 10.3 Å². The van der Waals surface area contributed by atoms with Crippen LogP contribution in [-0.4, -0.2) is 32.9 Å². The second-order valence-electron chi connectivity index (χ2n) is 4.94. The highest BCUT2D eigenvalue weighted by Gasteiger charge is 2.17. The Hall–Kier alpha value is -1.52. The molecule has 1 fully saturated rings. The summed E-state index contributed by atoms with van der Waals surface area (Å²) in [5, 5.41) is 20.7. The molecule has 4 nitrogen and oxygen atoms in total. The van der Waals surface area contributed by atoms with Crippen LogP contribution in [0, 0.1) is 0 Å². The van der Waals surface area contributed by atoms with E-state index in [2.05, 4.69) is 11.9 Å². The third kappa shape index (κ3) is 3.49. The Morgan fingerprint density at radius 3 is 2.74 bits per heavy atom. The van der Waals surface area contributed by atoms with Crippen LogP contribution in [0.25, 0.3) is 10.9 Å². The maximum atomic E-state index is 9.20. The van der Waals surface area contributed by atoms with Crippen LogP contribution >= 0.6 is 0 Å². The summed E-state index contributed by atoms with van der Waals surface area (Å²) >= 11 is 0. The molecule has 2 aromatic rings. The van der Waals surface area contributed by atoms with E-state index >= 15 is 0 Å². The van der Waals surface area contributed by atoms with Gasteiger partial charge in [0.1, 0.15) is 5.75 Å². The number of aromatic nitrogens is 1. The van der Waals surface area contributed by atoms with Crippen molar-refractivity contribution in [2.75, 3.05) is 6.54 Å². The number of hydrogen-bond donors (Lipinski definition) is 3. The highest BCUT2D eigenvalue weighted by molar-refractivity contribution is 5.85. The van der Waals surface area contributed by atoms with Gasteiger partial charge >= 0.3 is 0 Å². The normalized spacial score (nSPS) is 20.0. The van der Waals surface area contributed by atoms with Crippen molar-refractivity contribution < 1.29 is 10.3 Å². The van der Waals surface area contributed by atoms with E-state index in [1.54, 1.807) is 6.20 Å². The zero-order valence-electron chi connectivity index (χ0n) is 11.3. The number of benzene rings is 1. The molecular weight excluding hydrogens is 240 g/mol. The average Bonchev–Trinajstić information content (AvgIpc) is 2.82. The number of aromatic hydroxyl groups is 1. The number of fused-ring (bicyclic) bond motifs is 1.